The van der Waals surface area contributed by atoms with E-state index in [0.717, 1.165) is 28.7 Å². The Bertz CT molecular complexity index is 1820. The number of carbonyl (C=O) groups is 2. The van der Waals surface area contributed by atoms with Crippen molar-refractivity contribution in [2.24, 2.45) is 0 Å². The number of ketones is 2. The van der Waals surface area contributed by atoms with Gasteiger partial charge in [-0.2, -0.15) is 0 Å². The molecule has 6 aromatic carbocycles. The van der Waals surface area contributed by atoms with Crippen LogP contribution in [0.25, 0.3) is 22.3 Å². The van der Waals surface area contributed by atoms with E-state index in [1.165, 1.54) is 36.1 Å². The summed E-state index contributed by atoms with van der Waals surface area (Å²) in [6, 6.07) is 48.6. The average molecular weight is 699 g/mol. The van der Waals surface area contributed by atoms with Crippen LogP contribution in [0.4, 0.5) is 0 Å². The molecule has 0 fully saturated rings. The fourth-order valence-corrected chi connectivity index (χ4v) is 4.71. The second-order valence-electron chi connectivity index (χ2n) is 11.1. The van der Waals surface area contributed by atoms with Gasteiger partial charge in [0.05, 0.1) is 35.5 Å². The molecular formula is C45H46O7. The van der Waals surface area contributed by atoms with Crippen molar-refractivity contribution in [3.8, 4) is 51.0 Å². The van der Waals surface area contributed by atoms with Gasteiger partial charge in [0, 0.05) is 11.1 Å². The van der Waals surface area contributed by atoms with E-state index in [9.17, 15) is 9.59 Å². The van der Waals surface area contributed by atoms with Crippen molar-refractivity contribution in [3.63, 3.8) is 0 Å². The van der Waals surface area contributed by atoms with Gasteiger partial charge in [-0.15, -0.1) is 0 Å². The minimum atomic E-state index is 0.0186. The number of carbonyl (C=O) groups excluding carboxylic acids is 2. The Labute approximate surface area is 307 Å². The summed E-state index contributed by atoms with van der Waals surface area (Å²) in [5, 5.41) is 0. The number of para-hydroxylation sites is 2. The summed E-state index contributed by atoms with van der Waals surface area (Å²) >= 11 is 0. The largest absolute Gasteiger partial charge is 0.497 e. The van der Waals surface area contributed by atoms with Crippen LogP contribution in [0.1, 0.15) is 34.6 Å². The van der Waals surface area contributed by atoms with Crippen molar-refractivity contribution in [3.05, 3.63) is 163 Å². The standard InChI is InChI=1S/C14H14O2.C13H12O.C10H10O2.C8H10O2/c1-15-13-7-3-11(4-8-13)12-5-9-14(16-2)10-6-12;1-14-13-9-7-12(8-10-13)11-5-3-2-4-6-11;1-7(11)9-3-5-10(6-4-9)8(2)12;1-9-7-5-3-4-6-8(7)10-2/h3-10H,1-2H3;2-10H,1H3;3-6H,1-2H3;3-6H,1-2H3. The highest BCUT2D eigenvalue weighted by Gasteiger charge is 2.02. The highest BCUT2D eigenvalue weighted by Crippen LogP contribution is 2.26. The van der Waals surface area contributed by atoms with Crippen molar-refractivity contribution in [2.75, 3.05) is 35.5 Å². The van der Waals surface area contributed by atoms with Gasteiger partial charge in [0.25, 0.3) is 0 Å². The van der Waals surface area contributed by atoms with Crippen LogP contribution in [0.15, 0.2) is 152 Å². The third-order valence-electron chi connectivity index (χ3n) is 7.70. The van der Waals surface area contributed by atoms with Gasteiger partial charge in [-0.05, 0) is 84.6 Å². The van der Waals surface area contributed by atoms with Crippen LogP contribution in [-0.4, -0.2) is 47.1 Å². The minimum absolute atomic E-state index is 0.0186. The molecule has 0 aliphatic rings. The molecule has 0 heterocycles. The smallest absolute Gasteiger partial charge is 0.160 e. The van der Waals surface area contributed by atoms with E-state index in [0.29, 0.717) is 11.1 Å². The second-order valence-corrected chi connectivity index (χ2v) is 11.1. The number of benzene rings is 6. The zero-order chi connectivity index (χ0) is 37.7. The Balaban J connectivity index is 0.000000190. The van der Waals surface area contributed by atoms with E-state index < -0.39 is 0 Å². The minimum Gasteiger partial charge on any atom is -0.497 e. The molecule has 0 bridgehead atoms. The maximum absolute atomic E-state index is 10.8. The number of Topliss-reactive ketones (excluding diaryl/α,β-unsaturated/α-hetero) is 2. The van der Waals surface area contributed by atoms with Gasteiger partial charge >= 0.3 is 0 Å². The SMILES string of the molecule is CC(=O)c1ccc(C(C)=O)cc1.COc1ccc(-c2ccc(OC)cc2)cc1.COc1ccc(-c2ccccc2)cc1.COc1ccccc1OC. The van der Waals surface area contributed by atoms with E-state index in [1.54, 1.807) is 59.8 Å². The van der Waals surface area contributed by atoms with Gasteiger partial charge in [0.15, 0.2) is 23.1 Å². The van der Waals surface area contributed by atoms with Crippen LogP contribution in [0, 0.1) is 0 Å². The topological polar surface area (TPSA) is 80.3 Å². The molecule has 6 aromatic rings. The Hall–Kier alpha value is -6.34. The summed E-state index contributed by atoms with van der Waals surface area (Å²) in [6.07, 6.45) is 0. The third kappa shape index (κ3) is 12.8. The van der Waals surface area contributed by atoms with Crippen LogP contribution in [-0.2, 0) is 0 Å². The lowest BCUT2D eigenvalue weighted by molar-refractivity contribution is 0.100. The highest BCUT2D eigenvalue weighted by atomic mass is 16.5. The summed E-state index contributed by atoms with van der Waals surface area (Å²) in [4.78, 5) is 21.7. The molecule has 0 radical (unpaired) electrons. The molecule has 52 heavy (non-hydrogen) atoms. The Morgan fingerprint density at radius 2 is 0.596 bits per heavy atom. The molecule has 7 nitrogen and oxygen atoms in total. The normalized spacial score (nSPS) is 9.60. The van der Waals surface area contributed by atoms with Crippen LogP contribution in [0.2, 0.25) is 0 Å². The lowest BCUT2D eigenvalue weighted by atomic mass is 10.1. The molecule has 268 valence electrons. The quantitative estimate of drug-likeness (QED) is 0.139. The van der Waals surface area contributed by atoms with E-state index >= 15 is 0 Å². The first kappa shape index (κ1) is 40.1. The van der Waals surface area contributed by atoms with Crippen LogP contribution in [0.3, 0.4) is 0 Å². The second kappa shape index (κ2) is 21.7. The molecule has 0 N–H and O–H groups in total. The Morgan fingerprint density at radius 1 is 0.327 bits per heavy atom. The monoisotopic (exact) mass is 698 g/mol. The van der Waals surface area contributed by atoms with E-state index in [-0.39, 0.29) is 11.6 Å². The first-order valence-corrected chi connectivity index (χ1v) is 16.5. The fraction of sp³-hybridized carbons (Fsp3) is 0.156. The van der Waals surface area contributed by atoms with Crippen molar-refractivity contribution >= 4 is 11.6 Å². The zero-order valence-electron chi connectivity index (χ0n) is 30.8. The molecule has 0 atom stereocenters. The number of rotatable bonds is 9. The average Bonchev–Trinajstić information content (AvgIpc) is 3.22. The summed E-state index contributed by atoms with van der Waals surface area (Å²) in [5.74, 6) is 4.21. The van der Waals surface area contributed by atoms with Crippen molar-refractivity contribution < 1.29 is 33.3 Å². The van der Waals surface area contributed by atoms with Gasteiger partial charge in [-0.3, -0.25) is 9.59 Å². The van der Waals surface area contributed by atoms with Crippen molar-refractivity contribution in [1.82, 2.24) is 0 Å². The highest BCUT2D eigenvalue weighted by molar-refractivity contribution is 5.97. The number of hydrogen-bond donors (Lipinski definition) is 0. The predicted octanol–water partition coefficient (Wildman–Crippen LogP) is 10.5. The van der Waals surface area contributed by atoms with Gasteiger partial charge < -0.3 is 23.7 Å². The van der Waals surface area contributed by atoms with Crippen LogP contribution >= 0.6 is 0 Å². The molecule has 0 unspecified atom stereocenters. The molecule has 0 amide bonds. The molecule has 0 saturated heterocycles. The fourth-order valence-electron chi connectivity index (χ4n) is 4.71. The predicted molar refractivity (Wildman–Crippen MR) is 209 cm³/mol. The Morgan fingerprint density at radius 3 is 0.846 bits per heavy atom. The number of ether oxygens (including phenoxy) is 5. The molecule has 0 spiro atoms. The van der Waals surface area contributed by atoms with E-state index in [4.69, 9.17) is 23.7 Å². The first-order chi connectivity index (χ1) is 25.2. The van der Waals surface area contributed by atoms with Crippen molar-refractivity contribution in [1.29, 1.82) is 0 Å². The van der Waals surface area contributed by atoms with Gasteiger partial charge in [0.2, 0.25) is 0 Å². The lowest BCUT2D eigenvalue weighted by Gasteiger charge is -2.05. The zero-order valence-corrected chi connectivity index (χ0v) is 30.8. The molecule has 7 heteroatoms. The van der Waals surface area contributed by atoms with E-state index in [1.807, 2.05) is 103 Å². The van der Waals surface area contributed by atoms with Gasteiger partial charge in [0.1, 0.15) is 17.2 Å². The maximum Gasteiger partial charge on any atom is 0.160 e. The summed E-state index contributed by atoms with van der Waals surface area (Å²) in [6.45, 7) is 3.01. The number of methoxy groups -OCH3 is 5. The van der Waals surface area contributed by atoms with Gasteiger partial charge in [-0.1, -0.05) is 103 Å². The van der Waals surface area contributed by atoms with Crippen molar-refractivity contribution in [2.45, 2.75) is 13.8 Å². The first-order valence-electron chi connectivity index (χ1n) is 16.5. The molecule has 0 saturated carbocycles. The van der Waals surface area contributed by atoms with E-state index in [2.05, 4.69) is 24.3 Å². The maximum atomic E-state index is 10.8. The molecule has 6 rings (SSSR count). The molecule has 0 aliphatic heterocycles. The third-order valence-corrected chi connectivity index (χ3v) is 7.70. The molecule has 0 aliphatic carbocycles. The summed E-state index contributed by atoms with van der Waals surface area (Å²) in [7, 11) is 8.26. The Kier molecular flexibility index (Phi) is 16.7. The van der Waals surface area contributed by atoms with Gasteiger partial charge in [-0.25, -0.2) is 0 Å². The lowest BCUT2D eigenvalue weighted by Crippen LogP contribution is -1.95. The summed E-state index contributed by atoms with van der Waals surface area (Å²) in [5.41, 5.74) is 6.06. The molecular weight excluding hydrogens is 652 g/mol. The molecule has 0 aromatic heterocycles. The number of hydrogen-bond acceptors (Lipinski definition) is 7. The van der Waals surface area contributed by atoms with Crippen LogP contribution < -0.4 is 23.7 Å². The summed E-state index contributed by atoms with van der Waals surface area (Å²) < 4.78 is 25.4. The van der Waals surface area contributed by atoms with Crippen LogP contribution in [0.5, 0.6) is 28.7 Å².